The number of carbonyl (C=O) groups excluding carboxylic acids is 2. The maximum absolute atomic E-state index is 12.6. The normalized spacial score (nSPS) is 10.3. The third-order valence-corrected chi connectivity index (χ3v) is 4.49. The van der Waals surface area contributed by atoms with E-state index in [2.05, 4.69) is 15.6 Å². The Labute approximate surface area is 174 Å². The van der Waals surface area contributed by atoms with Gasteiger partial charge in [0.25, 0.3) is 5.91 Å². The predicted octanol–water partition coefficient (Wildman–Crippen LogP) is 2.86. The molecule has 0 saturated heterocycles. The van der Waals surface area contributed by atoms with E-state index in [0.29, 0.717) is 35.7 Å². The van der Waals surface area contributed by atoms with Crippen molar-refractivity contribution in [3.63, 3.8) is 0 Å². The van der Waals surface area contributed by atoms with Crippen LogP contribution in [0.2, 0.25) is 0 Å². The minimum atomic E-state index is -0.255. The van der Waals surface area contributed by atoms with Crippen molar-refractivity contribution in [2.24, 2.45) is 0 Å². The molecule has 0 fully saturated rings. The number of methoxy groups -OCH3 is 2. The molecule has 3 rings (SSSR count). The standard InChI is InChI=1S/C22H24N4O4/c1-29-19-8-4-6-17(21(19)30-2)14-24-22(28)16-5-3-7-18(13-16)25-20(27)9-11-26-12-10-23-15-26/h3-8,10,12-13,15H,9,11,14H2,1-2H3,(H,24,28)(H,25,27). The smallest absolute Gasteiger partial charge is 0.251 e. The minimum Gasteiger partial charge on any atom is -0.493 e. The van der Waals surface area contributed by atoms with E-state index in [1.165, 1.54) is 0 Å². The fourth-order valence-corrected chi connectivity index (χ4v) is 2.98. The van der Waals surface area contributed by atoms with E-state index in [0.717, 1.165) is 5.56 Å². The van der Waals surface area contributed by atoms with Crippen molar-refractivity contribution in [3.8, 4) is 11.5 Å². The molecule has 8 heteroatoms. The van der Waals surface area contributed by atoms with Crippen molar-refractivity contribution in [3.05, 3.63) is 72.3 Å². The number of hydrogen-bond donors (Lipinski definition) is 2. The lowest BCUT2D eigenvalue weighted by Gasteiger charge is -2.13. The minimum absolute atomic E-state index is 0.137. The van der Waals surface area contributed by atoms with Crippen molar-refractivity contribution in [2.75, 3.05) is 19.5 Å². The molecule has 2 N–H and O–H groups in total. The van der Waals surface area contributed by atoms with Gasteiger partial charge < -0.3 is 24.7 Å². The second-order valence-electron chi connectivity index (χ2n) is 6.51. The number of ether oxygens (including phenoxy) is 2. The molecule has 0 aliphatic carbocycles. The van der Waals surface area contributed by atoms with E-state index in [4.69, 9.17) is 9.47 Å². The van der Waals surface area contributed by atoms with Crippen LogP contribution in [0.25, 0.3) is 0 Å². The van der Waals surface area contributed by atoms with Crippen LogP contribution in [0.5, 0.6) is 11.5 Å². The quantitative estimate of drug-likeness (QED) is 0.568. The summed E-state index contributed by atoms with van der Waals surface area (Å²) >= 11 is 0. The summed E-state index contributed by atoms with van der Waals surface area (Å²) in [6.07, 6.45) is 5.44. The average molecular weight is 408 g/mol. The van der Waals surface area contributed by atoms with Gasteiger partial charge in [-0.3, -0.25) is 9.59 Å². The molecular weight excluding hydrogens is 384 g/mol. The molecule has 156 valence electrons. The number of imidazole rings is 1. The number of nitrogens with zero attached hydrogens (tertiary/aromatic N) is 2. The number of carbonyl (C=O) groups is 2. The SMILES string of the molecule is COc1cccc(CNC(=O)c2cccc(NC(=O)CCn3ccnc3)c2)c1OC. The van der Waals surface area contributed by atoms with Crippen molar-refractivity contribution in [2.45, 2.75) is 19.5 Å². The van der Waals surface area contributed by atoms with E-state index < -0.39 is 0 Å². The highest BCUT2D eigenvalue weighted by Crippen LogP contribution is 2.30. The highest BCUT2D eigenvalue weighted by Gasteiger charge is 2.12. The molecule has 0 atom stereocenters. The van der Waals surface area contributed by atoms with Crippen molar-refractivity contribution < 1.29 is 19.1 Å². The number of para-hydroxylation sites is 1. The molecule has 30 heavy (non-hydrogen) atoms. The van der Waals surface area contributed by atoms with Crippen molar-refractivity contribution >= 4 is 17.5 Å². The average Bonchev–Trinajstić information content (AvgIpc) is 3.29. The molecule has 2 aromatic carbocycles. The van der Waals surface area contributed by atoms with Gasteiger partial charge in [0.2, 0.25) is 5.91 Å². The summed E-state index contributed by atoms with van der Waals surface area (Å²) in [7, 11) is 3.12. The lowest BCUT2D eigenvalue weighted by atomic mass is 10.1. The van der Waals surface area contributed by atoms with Crippen LogP contribution in [0.15, 0.2) is 61.2 Å². The van der Waals surface area contributed by atoms with E-state index in [1.54, 1.807) is 63.3 Å². The van der Waals surface area contributed by atoms with E-state index in [-0.39, 0.29) is 18.4 Å². The molecule has 2 amide bonds. The zero-order valence-electron chi connectivity index (χ0n) is 16.9. The Morgan fingerprint density at radius 2 is 1.93 bits per heavy atom. The van der Waals surface area contributed by atoms with Crippen LogP contribution in [0.3, 0.4) is 0 Å². The second-order valence-corrected chi connectivity index (χ2v) is 6.51. The molecule has 8 nitrogen and oxygen atoms in total. The molecular formula is C22H24N4O4. The van der Waals surface area contributed by atoms with Gasteiger partial charge in [0.1, 0.15) is 0 Å². The fourth-order valence-electron chi connectivity index (χ4n) is 2.98. The molecule has 1 heterocycles. The zero-order chi connectivity index (χ0) is 21.3. The maximum atomic E-state index is 12.6. The molecule has 0 spiro atoms. The Morgan fingerprint density at radius 1 is 1.10 bits per heavy atom. The summed E-state index contributed by atoms with van der Waals surface area (Å²) in [5, 5.41) is 5.69. The largest absolute Gasteiger partial charge is 0.493 e. The maximum Gasteiger partial charge on any atom is 0.251 e. The first kappa shape index (κ1) is 20.9. The number of aromatic nitrogens is 2. The Balaban J connectivity index is 1.58. The zero-order valence-corrected chi connectivity index (χ0v) is 16.9. The predicted molar refractivity (Wildman–Crippen MR) is 113 cm³/mol. The Bertz CT molecular complexity index is 1000. The van der Waals surface area contributed by atoms with Crippen molar-refractivity contribution in [1.82, 2.24) is 14.9 Å². The van der Waals surface area contributed by atoms with Gasteiger partial charge in [0.05, 0.1) is 20.5 Å². The summed E-state index contributed by atoms with van der Waals surface area (Å²) in [5.41, 5.74) is 1.82. The lowest BCUT2D eigenvalue weighted by molar-refractivity contribution is -0.116. The third kappa shape index (κ3) is 5.38. The molecule has 0 saturated carbocycles. The number of amides is 2. The number of rotatable bonds is 9. The lowest BCUT2D eigenvalue weighted by Crippen LogP contribution is -2.23. The molecule has 0 radical (unpaired) electrons. The molecule has 1 aromatic heterocycles. The van der Waals surface area contributed by atoms with E-state index in [1.807, 2.05) is 16.7 Å². The van der Waals surface area contributed by atoms with Crippen LogP contribution in [-0.4, -0.2) is 35.6 Å². The van der Waals surface area contributed by atoms with Gasteiger partial charge in [0, 0.05) is 48.7 Å². The Morgan fingerprint density at radius 3 is 2.67 bits per heavy atom. The van der Waals surface area contributed by atoms with Crippen LogP contribution in [0.4, 0.5) is 5.69 Å². The van der Waals surface area contributed by atoms with Crippen LogP contribution < -0.4 is 20.1 Å². The first-order valence-electron chi connectivity index (χ1n) is 9.44. The number of hydrogen-bond acceptors (Lipinski definition) is 5. The monoisotopic (exact) mass is 408 g/mol. The number of benzene rings is 2. The summed E-state index contributed by atoms with van der Waals surface area (Å²) in [5.74, 6) is 0.792. The van der Waals surface area contributed by atoms with Gasteiger partial charge in [-0.05, 0) is 24.3 Å². The topological polar surface area (TPSA) is 94.5 Å². The van der Waals surface area contributed by atoms with Gasteiger partial charge in [-0.1, -0.05) is 18.2 Å². The summed E-state index contributed by atoms with van der Waals surface area (Å²) in [6.45, 7) is 0.815. The van der Waals surface area contributed by atoms with E-state index in [9.17, 15) is 9.59 Å². The Kier molecular flexibility index (Phi) is 7.05. The second kappa shape index (κ2) is 10.1. The molecule has 0 unspecified atom stereocenters. The molecule has 3 aromatic rings. The summed E-state index contributed by atoms with van der Waals surface area (Å²) in [6, 6.07) is 12.3. The van der Waals surface area contributed by atoms with Crippen LogP contribution in [0.1, 0.15) is 22.3 Å². The number of aryl methyl sites for hydroxylation is 1. The van der Waals surface area contributed by atoms with Gasteiger partial charge in [-0.2, -0.15) is 0 Å². The van der Waals surface area contributed by atoms with Gasteiger partial charge >= 0.3 is 0 Å². The fraction of sp³-hybridized carbons (Fsp3) is 0.227. The summed E-state index contributed by atoms with van der Waals surface area (Å²) < 4.78 is 12.5. The first-order chi connectivity index (χ1) is 14.6. The van der Waals surface area contributed by atoms with E-state index >= 15 is 0 Å². The molecule has 0 aliphatic heterocycles. The highest BCUT2D eigenvalue weighted by molar-refractivity contribution is 5.97. The van der Waals surface area contributed by atoms with Crippen molar-refractivity contribution in [1.29, 1.82) is 0 Å². The van der Waals surface area contributed by atoms with Crippen LogP contribution in [0, 0.1) is 0 Å². The first-order valence-corrected chi connectivity index (χ1v) is 9.44. The van der Waals surface area contributed by atoms with Crippen LogP contribution >= 0.6 is 0 Å². The van der Waals surface area contributed by atoms with Gasteiger partial charge in [-0.25, -0.2) is 4.98 Å². The third-order valence-electron chi connectivity index (χ3n) is 4.49. The highest BCUT2D eigenvalue weighted by atomic mass is 16.5. The van der Waals surface area contributed by atoms with Gasteiger partial charge in [0.15, 0.2) is 11.5 Å². The molecule has 0 bridgehead atoms. The Hall–Kier alpha value is -3.81. The van der Waals surface area contributed by atoms with Crippen LogP contribution in [-0.2, 0) is 17.9 Å². The number of anilines is 1. The summed E-state index contributed by atoms with van der Waals surface area (Å²) in [4.78, 5) is 28.7. The number of nitrogens with one attached hydrogen (secondary N) is 2. The van der Waals surface area contributed by atoms with Gasteiger partial charge in [-0.15, -0.1) is 0 Å². The molecule has 0 aliphatic rings.